The molecule has 1 fully saturated rings. The summed E-state index contributed by atoms with van der Waals surface area (Å²) in [6.07, 6.45) is 4.74. The molecule has 1 saturated carbocycles. The van der Waals surface area contributed by atoms with Crippen molar-refractivity contribution in [2.75, 3.05) is 4.90 Å². The van der Waals surface area contributed by atoms with E-state index in [-0.39, 0.29) is 18.4 Å². The Morgan fingerprint density at radius 3 is 2.24 bits per heavy atom. The summed E-state index contributed by atoms with van der Waals surface area (Å²) in [5.74, 6) is -2.68. The number of rotatable bonds is 11. The lowest BCUT2D eigenvalue weighted by Crippen LogP contribution is -2.49. The van der Waals surface area contributed by atoms with Crippen molar-refractivity contribution in [3.63, 3.8) is 0 Å². The van der Waals surface area contributed by atoms with Gasteiger partial charge in [-0.2, -0.15) is 0 Å². The molecule has 1 N–H and O–H groups in total. The van der Waals surface area contributed by atoms with Crippen LogP contribution in [0.15, 0.2) is 60.0 Å². The van der Waals surface area contributed by atoms with E-state index in [4.69, 9.17) is 0 Å². The summed E-state index contributed by atoms with van der Waals surface area (Å²) < 4.78 is 40.8. The van der Waals surface area contributed by atoms with Crippen LogP contribution in [0, 0.1) is 17.7 Å². The predicted molar refractivity (Wildman–Crippen MR) is 132 cm³/mol. The number of carbonyl (C=O) groups is 2. The van der Waals surface area contributed by atoms with Crippen molar-refractivity contribution in [1.29, 1.82) is 0 Å². The van der Waals surface area contributed by atoms with Gasteiger partial charge in [0.25, 0.3) is 10.0 Å². The minimum atomic E-state index is -4.10. The van der Waals surface area contributed by atoms with Crippen molar-refractivity contribution < 1.29 is 22.4 Å². The van der Waals surface area contributed by atoms with Crippen LogP contribution in [0.3, 0.4) is 0 Å². The molecule has 0 aromatic heterocycles. The molecular formula is C26H31FN2O4S. The zero-order valence-electron chi connectivity index (χ0n) is 19.5. The van der Waals surface area contributed by atoms with E-state index in [0.717, 1.165) is 18.2 Å². The molecule has 1 unspecified atom stereocenters. The molecule has 2 aromatic rings. The van der Waals surface area contributed by atoms with Gasteiger partial charge in [0, 0.05) is 11.7 Å². The van der Waals surface area contributed by atoms with Crippen LogP contribution in [0.25, 0.3) is 6.08 Å². The highest BCUT2D eigenvalue weighted by molar-refractivity contribution is 7.93. The Labute approximate surface area is 200 Å². The first-order chi connectivity index (χ1) is 16.2. The molecule has 1 aliphatic rings. The van der Waals surface area contributed by atoms with Crippen molar-refractivity contribution in [3.8, 4) is 0 Å². The minimum absolute atomic E-state index is 0.206. The van der Waals surface area contributed by atoms with Crippen LogP contribution in [0.5, 0.6) is 0 Å². The zero-order valence-corrected chi connectivity index (χ0v) is 20.3. The molecule has 2 amide bonds. The van der Waals surface area contributed by atoms with Crippen molar-refractivity contribution >= 4 is 33.6 Å². The Morgan fingerprint density at radius 2 is 1.68 bits per heavy atom. The molecule has 34 heavy (non-hydrogen) atoms. The molecule has 3 rings (SSSR count). The van der Waals surface area contributed by atoms with E-state index in [1.165, 1.54) is 35.2 Å². The number of nitrogens with one attached hydrogen (secondary N) is 1. The average molecular weight is 487 g/mol. The molecule has 0 aliphatic heterocycles. The lowest BCUT2D eigenvalue weighted by Gasteiger charge is -2.33. The third-order valence-electron chi connectivity index (χ3n) is 6.01. The Balaban J connectivity index is 1.86. The smallest absolute Gasteiger partial charge is 0.257 e. The maximum Gasteiger partial charge on any atom is 0.257 e. The van der Waals surface area contributed by atoms with Gasteiger partial charge in [-0.15, -0.1) is 0 Å². The summed E-state index contributed by atoms with van der Waals surface area (Å²) in [5, 5.41) is 0.928. The van der Waals surface area contributed by atoms with E-state index >= 15 is 0 Å². The fourth-order valence-corrected chi connectivity index (χ4v) is 4.75. The van der Waals surface area contributed by atoms with Crippen molar-refractivity contribution in [3.05, 3.63) is 71.4 Å². The average Bonchev–Trinajstić information content (AvgIpc) is 3.65. The molecule has 0 spiro atoms. The Morgan fingerprint density at radius 1 is 1.06 bits per heavy atom. The first-order valence-electron chi connectivity index (χ1n) is 11.6. The van der Waals surface area contributed by atoms with E-state index in [1.807, 2.05) is 19.9 Å². The maximum atomic E-state index is 13.7. The minimum Gasteiger partial charge on any atom is -0.309 e. The van der Waals surface area contributed by atoms with E-state index in [2.05, 4.69) is 4.72 Å². The van der Waals surface area contributed by atoms with E-state index in [0.29, 0.717) is 24.1 Å². The molecule has 0 bridgehead atoms. The predicted octanol–water partition coefficient (Wildman–Crippen LogP) is 4.88. The van der Waals surface area contributed by atoms with Gasteiger partial charge in [-0.05, 0) is 61.1 Å². The fourth-order valence-electron chi connectivity index (χ4n) is 3.93. The number of amides is 2. The van der Waals surface area contributed by atoms with Crippen LogP contribution in [-0.2, 0) is 19.6 Å². The summed E-state index contributed by atoms with van der Waals surface area (Å²) in [5.41, 5.74) is 1.16. The van der Waals surface area contributed by atoms with Gasteiger partial charge in [0.05, 0.1) is 5.41 Å². The van der Waals surface area contributed by atoms with Crippen LogP contribution >= 0.6 is 0 Å². The Hall–Kier alpha value is -3.00. The number of halogens is 1. The number of sulfonamides is 1. The summed E-state index contributed by atoms with van der Waals surface area (Å²) in [4.78, 5) is 28.4. The first-order valence-corrected chi connectivity index (χ1v) is 13.2. The van der Waals surface area contributed by atoms with Crippen LogP contribution in [-0.4, -0.2) is 26.3 Å². The van der Waals surface area contributed by atoms with Crippen LogP contribution in [0.4, 0.5) is 10.1 Å². The van der Waals surface area contributed by atoms with Crippen molar-refractivity contribution in [2.45, 2.75) is 52.0 Å². The second-order valence-electron chi connectivity index (χ2n) is 8.61. The lowest BCUT2D eigenvalue weighted by molar-refractivity contribution is -0.133. The standard InChI is InChI=1S/C26H31FN2O4S/c1-3-22(4-2)29(23-14-12-21(27)13-15-23)26(31)24(18-20-10-11-20)25(30)28-34(32,33)17-16-19-8-6-5-7-9-19/h5-9,12-17,20,22,24H,3-4,10-11,18H2,1-2H3,(H,28,30). The van der Waals surface area contributed by atoms with E-state index in [9.17, 15) is 22.4 Å². The van der Waals surface area contributed by atoms with Gasteiger partial charge in [0.15, 0.2) is 0 Å². The molecule has 1 aliphatic carbocycles. The number of hydrogen-bond donors (Lipinski definition) is 1. The molecule has 1 atom stereocenters. The highest BCUT2D eigenvalue weighted by Gasteiger charge is 2.39. The highest BCUT2D eigenvalue weighted by Crippen LogP contribution is 2.37. The maximum absolute atomic E-state index is 13.7. The molecule has 0 heterocycles. The van der Waals surface area contributed by atoms with E-state index in [1.54, 1.807) is 24.3 Å². The molecule has 182 valence electrons. The number of anilines is 1. The van der Waals surface area contributed by atoms with E-state index < -0.39 is 33.6 Å². The number of carbonyl (C=O) groups excluding carboxylic acids is 2. The van der Waals surface area contributed by atoms with Gasteiger partial charge in [-0.25, -0.2) is 17.5 Å². The second kappa shape index (κ2) is 11.4. The summed E-state index contributed by atoms with van der Waals surface area (Å²) in [6, 6.07) is 14.2. The van der Waals surface area contributed by atoms with Gasteiger partial charge in [0.1, 0.15) is 11.7 Å². The highest BCUT2D eigenvalue weighted by atomic mass is 32.2. The Bertz CT molecular complexity index is 1110. The molecule has 6 nitrogen and oxygen atoms in total. The second-order valence-corrected chi connectivity index (χ2v) is 10.2. The molecule has 8 heteroatoms. The van der Waals surface area contributed by atoms with Crippen molar-refractivity contribution in [1.82, 2.24) is 4.72 Å². The molecular weight excluding hydrogens is 455 g/mol. The topological polar surface area (TPSA) is 83.6 Å². The summed E-state index contributed by atoms with van der Waals surface area (Å²) in [7, 11) is -4.10. The largest absolute Gasteiger partial charge is 0.309 e. The van der Waals surface area contributed by atoms with Gasteiger partial charge >= 0.3 is 0 Å². The number of hydrogen-bond acceptors (Lipinski definition) is 4. The van der Waals surface area contributed by atoms with Crippen molar-refractivity contribution in [2.24, 2.45) is 11.8 Å². The third kappa shape index (κ3) is 7.00. The van der Waals surface area contributed by atoms with Crippen LogP contribution < -0.4 is 9.62 Å². The number of benzene rings is 2. The molecule has 2 aromatic carbocycles. The quantitative estimate of drug-likeness (QED) is 0.459. The van der Waals surface area contributed by atoms with Gasteiger partial charge in [0.2, 0.25) is 11.8 Å². The molecule has 0 radical (unpaired) electrons. The number of nitrogens with zero attached hydrogens (tertiary/aromatic N) is 1. The van der Waals surface area contributed by atoms with Gasteiger partial charge in [-0.1, -0.05) is 57.0 Å². The zero-order chi connectivity index (χ0) is 24.7. The van der Waals surface area contributed by atoms with Gasteiger partial charge < -0.3 is 4.90 Å². The Kier molecular flexibility index (Phi) is 8.61. The third-order valence-corrected chi connectivity index (χ3v) is 6.99. The first kappa shape index (κ1) is 25.6. The summed E-state index contributed by atoms with van der Waals surface area (Å²) >= 11 is 0. The van der Waals surface area contributed by atoms with Crippen LogP contribution in [0.1, 0.15) is 51.5 Å². The van der Waals surface area contributed by atoms with Gasteiger partial charge in [-0.3, -0.25) is 9.59 Å². The van der Waals surface area contributed by atoms with Crippen LogP contribution in [0.2, 0.25) is 0 Å². The fraction of sp³-hybridized carbons (Fsp3) is 0.385. The lowest BCUT2D eigenvalue weighted by atomic mass is 9.97. The molecule has 0 saturated heterocycles. The normalized spacial score (nSPS) is 14.8. The monoisotopic (exact) mass is 486 g/mol. The SMILES string of the molecule is CCC(CC)N(C(=O)C(CC1CC1)C(=O)NS(=O)(=O)C=Cc1ccccc1)c1ccc(F)cc1. The summed E-state index contributed by atoms with van der Waals surface area (Å²) in [6.45, 7) is 3.87.